The van der Waals surface area contributed by atoms with Crippen molar-refractivity contribution >= 4 is 23.5 Å². The number of benzene rings is 2. The van der Waals surface area contributed by atoms with Gasteiger partial charge in [0.1, 0.15) is 5.82 Å². The molecular weight excluding hydrogens is 418 g/mol. The van der Waals surface area contributed by atoms with Crippen LogP contribution >= 0.6 is 11.8 Å². The number of carbonyl (C=O) groups is 2. The van der Waals surface area contributed by atoms with Crippen LogP contribution in [-0.4, -0.2) is 28.4 Å². The molecule has 3 rings (SSSR count). The Morgan fingerprint density at radius 3 is 2.43 bits per heavy atom. The molecule has 0 radical (unpaired) electrons. The zero-order chi connectivity index (χ0) is 22.1. The lowest BCUT2D eigenvalue weighted by atomic mass is 10.0. The molecule has 30 heavy (non-hydrogen) atoms. The summed E-state index contributed by atoms with van der Waals surface area (Å²) >= 11 is 1.01. The molecular formula is C22H21F4NO2S. The zero-order valence-corrected chi connectivity index (χ0v) is 17.3. The molecule has 0 bridgehead atoms. The Labute approximate surface area is 176 Å². The normalized spacial score (nSPS) is 15.0. The lowest BCUT2D eigenvalue weighted by molar-refractivity contribution is -0.137. The summed E-state index contributed by atoms with van der Waals surface area (Å²) in [5.41, 5.74) is -0.0925. The summed E-state index contributed by atoms with van der Waals surface area (Å²) in [6, 6.07) is 8.54. The third kappa shape index (κ3) is 5.22. The van der Waals surface area contributed by atoms with Crippen LogP contribution < -0.4 is 0 Å². The molecule has 1 aliphatic carbocycles. The Morgan fingerprint density at radius 1 is 1.17 bits per heavy atom. The highest BCUT2D eigenvalue weighted by molar-refractivity contribution is 8.00. The minimum Gasteiger partial charge on any atom is -0.332 e. The van der Waals surface area contributed by atoms with Crippen LogP contribution in [0.5, 0.6) is 0 Å². The minimum atomic E-state index is -4.45. The van der Waals surface area contributed by atoms with E-state index in [9.17, 15) is 27.2 Å². The Bertz CT molecular complexity index is 956. The Morgan fingerprint density at radius 2 is 1.87 bits per heavy atom. The van der Waals surface area contributed by atoms with Gasteiger partial charge in [-0.05, 0) is 56.5 Å². The number of ketones is 1. The molecule has 1 atom stereocenters. The average molecular weight is 439 g/mol. The highest BCUT2D eigenvalue weighted by Crippen LogP contribution is 2.37. The van der Waals surface area contributed by atoms with E-state index in [1.54, 1.807) is 17.9 Å². The van der Waals surface area contributed by atoms with Crippen molar-refractivity contribution < 1.29 is 27.2 Å². The number of halogens is 4. The van der Waals surface area contributed by atoms with Crippen molar-refractivity contribution in [3.05, 3.63) is 65.0 Å². The monoisotopic (exact) mass is 439 g/mol. The van der Waals surface area contributed by atoms with E-state index in [4.69, 9.17) is 0 Å². The predicted octanol–water partition coefficient (Wildman–Crippen LogP) is 5.89. The van der Waals surface area contributed by atoms with Crippen molar-refractivity contribution in [2.75, 3.05) is 5.75 Å². The summed E-state index contributed by atoms with van der Waals surface area (Å²) in [5.74, 6) is -1.14. The van der Waals surface area contributed by atoms with Crippen LogP contribution in [0.15, 0.2) is 47.4 Å². The van der Waals surface area contributed by atoms with Gasteiger partial charge in [0.05, 0.1) is 17.4 Å². The first-order valence-corrected chi connectivity index (χ1v) is 10.5. The van der Waals surface area contributed by atoms with Crippen LogP contribution in [0, 0.1) is 5.82 Å². The van der Waals surface area contributed by atoms with Gasteiger partial charge in [-0.3, -0.25) is 9.59 Å². The summed E-state index contributed by atoms with van der Waals surface area (Å²) < 4.78 is 53.3. The molecule has 8 heteroatoms. The van der Waals surface area contributed by atoms with Crippen molar-refractivity contribution in [1.29, 1.82) is 0 Å². The quantitative estimate of drug-likeness (QED) is 0.307. The number of hydrogen-bond acceptors (Lipinski definition) is 3. The minimum absolute atomic E-state index is 0.0208. The summed E-state index contributed by atoms with van der Waals surface area (Å²) in [4.78, 5) is 26.1. The van der Waals surface area contributed by atoms with Gasteiger partial charge in [-0.1, -0.05) is 18.2 Å². The summed E-state index contributed by atoms with van der Waals surface area (Å²) in [6.07, 6.45) is -2.87. The van der Waals surface area contributed by atoms with E-state index in [0.29, 0.717) is 5.56 Å². The topological polar surface area (TPSA) is 37.4 Å². The average Bonchev–Trinajstić information content (AvgIpc) is 3.51. The standard InChI is InChI=1S/C22H21F4NO2S/c1-13(15-4-3-5-17(10-15)22(24,25)26)27(18-7-8-18)21(29)12-30-20-9-6-16(14(2)28)11-19(20)23/h3-6,9-11,13,18H,7-8,12H2,1-2H3/t13-/m0/s1. The third-order valence-corrected chi connectivity index (χ3v) is 6.06. The second kappa shape index (κ2) is 8.79. The van der Waals surface area contributed by atoms with Gasteiger partial charge in [0, 0.05) is 16.5 Å². The van der Waals surface area contributed by atoms with E-state index in [1.165, 1.54) is 25.1 Å². The van der Waals surface area contributed by atoms with Crippen molar-refractivity contribution in [1.82, 2.24) is 4.90 Å². The van der Waals surface area contributed by atoms with E-state index in [1.807, 2.05) is 0 Å². The molecule has 1 aliphatic rings. The molecule has 1 fully saturated rings. The van der Waals surface area contributed by atoms with Gasteiger partial charge in [0.2, 0.25) is 5.91 Å². The van der Waals surface area contributed by atoms with Gasteiger partial charge < -0.3 is 4.90 Å². The zero-order valence-electron chi connectivity index (χ0n) is 16.5. The molecule has 0 aromatic heterocycles. The summed E-state index contributed by atoms with van der Waals surface area (Å²) in [6.45, 7) is 3.05. The molecule has 0 saturated heterocycles. The van der Waals surface area contributed by atoms with Gasteiger partial charge in [-0.2, -0.15) is 13.2 Å². The van der Waals surface area contributed by atoms with Crippen LogP contribution in [-0.2, 0) is 11.0 Å². The highest BCUT2D eigenvalue weighted by atomic mass is 32.2. The van der Waals surface area contributed by atoms with Crippen LogP contribution in [0.3, 0.4) is 0 Å². The second-order valence-electron chi connectivity index (χ2n) is 7.32. The molecule has 0 N–H and O–H groups in total. The number of thioether (sulfide) groups is 1. The number of carbonyl (C=O) groups excluding carboxylic acids is 2. The van der Waals surface area contributed by atoms with E-state index >= 15 is 0 Å². The maximum atomic E-state index is 14.2. The van der Waals surface area contributed by atoms with E-state index in [2.05, 4.69) is 0 Å². The Kier molecular flexibility index (Phi) is 6.55. The fourth-order valence-corrected chi connectivity index (χ4v) is 4.06. The SMILES string of the molecule is CC(=O)c1ccc(SCC(=O)N(C2CC2)[C@@H](C)c2cccc(C(F)(F)F)c2)c(F)c1. The molecule has 0 unspecified atom stereocenters. The number of amides is 1. The van der Waals surface area contributed by atoms with Crippen LogP contribution in [0.2, 0.25) is 0 Å². The molecule has 3 nitrogen and oxygen atoms in total. The fourth-order valence-electron chi connectivity index (χ4n) is 3.27. The fraction of sp³-hybridized carbons (Fsp3) is 0.364. The molecule has 2 aromatic carbocycles. The van der Waals surface area contributed by atoms with Crippen molar-refractivity contribution in [3.63, 3.8) is 0 Å². The second-order valence-corrected chi connectivity index (χ2v) is 8.34. The summed E-state index contributed by atoms with van der Waals surface area (Å²) in [7, 11) is 0. The number of rotatable bonds is 7. The third-order valence-electron chi connectivity index (χ3n) is 5.03. The lowest BCUT2D eigenvalue weighted by Crippen LogP contribution is -2.36. The van der Waals surface area contributed by atoms with Gasteiger partial charge in [-0.15, -0.1) is 11.8 Å². The number of Topliss-reactive ketones (excluding diaryl/α,β-unsaturated/α-hetero) is 1. The van der Waals surface area contributed by atoms with E-state index in [0.717, 1.165) is 42.8 Å². The first-order chi connectivity index (χ1) is 14.1. The maximum absolute atomic E-state index is 14.2. The number of hydrogen-bond donors (Lipinski definition) is 0. The molecule has 1 amide bonds. The molecule has 160 valence electrons. The highest BCUT2D eigenvalue weighted by Gasteiger charge is 2.37. The van der Waals surface area contributed by atoms with E-state index in [-0.39, 0.29) is 33.9 Å². The smallest absolute Gasteiger partial charge is 0.332 e. The molecule has 0 spiro atoms. The maximum Gasteiger partial charge on any atom is 0.416 e. The molecule has 1 saturated carbocycles. The Balaban J connectivity index is 1.74. The van der Waals surface area contributed by atoms with Crippen molar-refractivity contribution in [2.45, 2.75) is 49.8 Å². The largest absolute Gasteiger partial charge is 0.416 e. The van der Waals surface area contributed by atoms with Crippen LogP contribution in [0.4, 0.5) is 17.6 Å². The van der Waals surface area contributed by atoms with Gasteiger partial charge in [0.15, 0.2) is 5.78 Å². The predicted molar refractivity (Wildman–Crippen MR) is 107 cm³/mol. The summed E-state index contributed by atoms with van der Waals surface area (Å²) in [5, 5.41) is 0. The van der Waals surface area contributed by atoms with Crippen molar-refractivity contribution in [3.8, 4) is 0 Å². The first-order valence-electron chi connectivity index (χ1n) is 9.49. The number of alkyl halides is 3. The van der Waals surface area contributed by atoms with Crippen LogP contribution in [0.25, 0.3) is 0 Å². The van der Waals surface area contributed by atoms with Gasteiger partial charge >= 0.3 is 6.18 Å². The molecule has 0 heterocycles. The van der Waals surface area contributed by atoms with E-state index < -0.39 is 23.6 Å². The first kappa shape index (κ1) is 22.3. The van der Waals surface area contributed by atoms with Crippen LogP contribution in [0.1, 0.15) is 54.2 Å². The van der Waals surface area contributed by atoms with Gasteiger partial charge in [-0.25, -0.2) is 4.39 Å². The number of nitrogens with zero attached hydrogens (tertiary/aromatic N) is 1. The lowest BCUT2D eigenvalue weighted by Gasteiger charge is -2.30. The Hall–Kier alpha value is -2.35. The molecule has 2 aromatic rings. The van der Waals surface area contributed by atoms with Gasteiger partial charge in [0.25, 0.3) is 0 Å². The molecule has 0 aliphatic heterocycles. The van der Waals surface area contributed by atoms with Crippen molar-refractivity contribution in [2.24, 2.45) is 0 Å².